The second-order valence-corrected chi connectivity index (χ2v) is 11.9. The van der Waals surface area contributed by atoms with Crippen LogP contribution in [-0.4, -0.2) is 46.4 Å². The highest BCUT2D eigenvalue weighted by molar-refractivity contribution is 6.04. The largest absolute Gasteiger partial charge is 0.382 e. The number of hydrogen-bond donors (Lipinski definition) is 3. The predicted molar refractivity (Wildman–Crippen MR) is 168 cm³/mol. The summed E-state index contributed by atoms with van der Waals surface area (Å²) in [4.78, 5) is 12.9. The zero-order chi connectivity index (χ0) is 28.1. The van der Waals surface area contributed by atoms with Gasteiger partial charge < -0.3 is 25.8 Å². The maximum absolute atomic E-state index is 6.46. The lowest BCUT2D eigenvalue weighted by atomic mass is 9.89. The van der Waals surface area contributed by atoms with Crippen molar-refractivity contribution in [2.45, 2.75) is 66.0 Å². The van der Waals surface area contributed by atoms with E-state index in [-0.39, 0.29) is 6.17 Å². The molecule has 1 saturated heterocycles. The van der Waals surface area contributed by atoms with Crippen molar-refractivity contribution in [2.75, 3.05) is 19.6 Å². The van der Waals surface area contributed by atoms with Crippen LogP contribution in [0.4, 0.5) is 0 Å². The van der Waals surface area contributed by atoms with Gasteiger partial charge in [0.2, 0.25) is 0 Å². The Morgan fingerprint density at radius 3 is 2.62 bits per heavy atom. The number of allylic oxidation sites excluding steroid dienone is 9. The fourth-order valence-corrected chi connectivity index (χ4v) is 6.26. The molecule has 212 valence electrons. The molecule has 0 radical (unpaired) electrons. The van der Waals surface area contributed by atoms with Crippen LogP contribution in [0.1, 0.15) is 64.6 Å². The third-order valence-electron chi connectivity index (χ3n) is 8.59. The second kappa shape index (κ2) is 12.3. The number of piperidine rings is 1. The van der Waals surface area contributed by atoms with Crippen molar-refractivity contribution in [1.29, 1.82) is 0 Å². The van der Waals surface area contributed by atoms with E-state index in [0.717, 1.165) is 56.0 Å². The molecular formula is C34H46N6. The molecule has 2 fully saturated rings. The van der Waals surface area contributed by atoms with Crippen LogP contribution < -0.4 is 11.1 Å². The lowest BCUT2D eigenvalue weighted by Crippen LogP contribution is -2.48. The fraction of sp³-hybridized carbons (Fsp3) is 0.441. The quantitative estimate of drug-likeness (QED) is 0.302. The standard InChI is InChI=1S/C34H46N6/c1-5-7-8-9-11-26-22-29(37-23-26)30-31-32(35)36-18-21-40(31)33(38-30)27-14-19-39(20-15-27)24-34(16-17-34)28(10-6-2)13-12-25(3)4/h5-10,12-13,18,21-23,27,33,37-38H,11,14-17,19-20,24H2,1-4H3,(H2,35,36)/b7-5-,9-8?,10-6-,28-13+. The van der Waals surface area contributed by atoms with Gasteiger partial charge in [0, 0.05) is 36.5 Å². The van der Waals surface area contributed by atoms with Crippen molar-refractivity contribution in [3.63, 3.8) is 0 Å². The van der Waals surface area contributed by atoms with Crippen molar-refractivity contribution in [2.24, 2.45) is 22.1 Å². The minimum atomic E-state index is 0.185. The molecular weight excluding hydrogens is 492 g/mol. The lowest BCUT2D eigenvalue weighted by Gasteiger charge is -2.40. The average Bonchev–Trinajstić information content (AvgIpc) is 3.38. The van der Waals surface area contributed by atoms with Gasteiger partial charge in [0.15, 0.2) is 0 Å². The Morgan fingerprint density at radius 2 is 1.93 bits per heavy atom. The molecule has 1 aromatic heterocycles. The van der Waals surface area contributed by atoms with E-state index in [4.69, 9.17) is 5.73 Å². The average molecular weight is 539 g/mol. The van der Waals surface area contributed by atoms with Gasteiger partial charge in [0.05, 0.1) is 11.4 Å². The van der Waals surface area contributed by atoms with E-state index in [9.17, 15) is 0 Å². The molecule has 40 heavy (non-hydrogen) atoms. The number of amidine groups is 1. The molecule has 0 spiro atoms. The maximum Gasteiger partial charge on any atom is 0.149 e. The number of aromatic amines is 1. The first kappa shape index (κ1) is 28.0. The van der Waals surface area contributed by atoms with Crippen LogP contribution in [-0.2, 0) is 6.42 Å². The molecule has 4 aliphatic rings. The van der Waals surface area contributed by atoms with Crippen LogP contribution in [0, 0.1) is 11.3 Å². The number of rotatable bonds is 10. The molecule has 4 N–H and O–H groups in total. The van der Waals surface area contributed by atoms with E-state index in [1.165, 1.54) is 29.6 Å². The molecule has 1 aliphatic carbocycles. The van der Waals surface area contributed by atoms with Crippen LogP contribution >= 0.6 is 0 Å². The summed E-state index contributed by atoms with van der Waals surface area (Å²) < 4.78 is 0. The van der Waals surface area contributed by atoms with Gasteiger partial charge in [-0.25, -0.2) is 4.99 Å². The Bertz CT molecular complexity index is 1300. The molecule has 1 unspecified atom stereocenters. The highest BCUT2D eigenvalue weighted by atomic mass is 15.4. The molecule has 1 atom stereocenters. The van der Waals surface area contributed by atoms with Crippen LogP contribution in [0.3, 0.4) is 0 Å². The van der Waals surface area contributed by atoms with Crippen LogP contribution in [0.2, 0.25) is 0 Å². The van der Waals surface area contributed by atoms with E-state index in [1.807, 2.05) is 19.2 Å². The van der Waals surface area contributed by atoms with Crippen molar-refractivity contribution < 1.29 is 0 Å². The summed E-state index contributed by atoms with van der Waals surface area (Å²) in [5.74, 6) is 1.10. The van der Waals surface area contributed by atoms with E-state index >= 15 is 0 Å². The molecule has 4 heterocycles. The summed E-state index contributed by atoms with van der Waals surface area (Å²) in [6.07, 6.45) is 29.5. The molecule has 3 aliphatic heterocycles. The molecule has 0 amide bonds. The van der Waals surface area contributed by atoms with Gasteiger partial charge in [-0.05, 0) is 90.1 Å². The molecule has 6 heteroatoms. The first-order chi connectivity index (χ1) is 19.4. The number of H-pyrrole nitrogens is 1. The molecule has 1 saturated carbocycles. The predicted octanol–water partition coefficient (Wildman–Crippen LogP) is 6.39. The Balaban J connectivity index is 1.25. The summed E-state index contributed by atoms with van der Waals surface area (Å²) in [6, 6.07) is 2.23. The minimum absolute atomic E-state index is 0.185. The normalized spacial score (nSPS) is 23.4. The first-order valence-corrected chi connectivity index (χ1v) is 14.9. The molecule has 6 nitrogen and oxygen atoms in total. The van der Waals surface area contributed by atoms with Crippen molar-refractivity contribution >= 4 is 11.5 Å². The molecule has 0 aromatic carbocycles. The van der Waals surface area contributed by atoms with Crippen LogP contribution in [0.15, 0.2) is 95.1 Å². The van der Waals surface area contributed by atoms with Gasteiger partial charge in [0.25, 0.3) is 0 Å². The number of nitrogens with two attached hydrogens (primary N) is 1. The third-order valence-corrected chi connectivity index (χ3v) is 8.59. The summed E-state index contributed by atoms with van der Waals surface area (Å²) in [5.41, 5.74) is 14.0. The van der Waals surface area contributed by atoms with Gasteiger partial charge in [-0.2, -0.15) is 0 Å². The highest BCUT2D eigenvalue weighted by Gasteiger charge is 2.47. The summed E-state index contributed by atoms with van der Waals surface area (Å²) in [7, 11) is 0. The Kier molecular flexibility index (Phi) is 8.65. The first-order valence-electron chi connectivity index (χ1n) is 14.9. The third kappa shape index (κ3) is 6.12. The van der Waals surface area contributed by atoms with E-state index in [0.29, 0.717) is 17.2 Å². The van der Waals surface area contributed by atoms with Gasteiger partial charge in [0.1, 0.15) is 17.7 Å². The zero-order valence-corrected chi connectivity index (χ0v) is 24.7. The summed E-state index contributed by atoms with van der Waals surface area (Å²) in [5, 5.41) is 3.87. The number of aromatic nitrogens is 1. The zero-order valence-electron chi connectivity index (χ0n) is 24.7. The van der Waals surface area contributed by atoms with Crippen molar-refractivity contribution in [1.82, 2.24) is 20.1 Å². The SMILES string of the molecule is C/C=C\C=CCc1c[nH]c(C2=C3C(N)=NC=CN3C(C3CCN(CC4(C(/C=C\C)=C/C=C(C)C)CC4)CC3)N2)c1. The summed E-state index contributed by atoms with van der Waals surface area (Å²) in [6.45, 7) is 11.9. The molecule has 1 aromatic rings. The Morgan fingerprint density at radius 1 is 1.12 bits per heavy atom. The fourth-order valence-electron chi connectivity index (χ4n) is 6.26. The number of aliphatic imine (C=N–C) groups is 1. The van der Waals surface area contributed by atoms with Crippen LogP contribution in [0.25, 0.3) is 5.70 Å². The van der Waals surface area contributed by atoms with Crippen molar-refractivity contribution in [3.8, 4) is 0 Å². The van der Waals surface area contributed by atoms with Gasteiger partial charge in [-0.15, -0.1) is 0 Å². The van der Waals surface area contributed by atoms with Gasteiger partial charge >= 0.3 is 0 Å². The number of nitrogens with one attached hydrogen (secondary N) is 2. The number of hydrogen-bond acceptors (Lipinski definition) is 5. The van der Waals surface area contributed by atoms with E-state index < -0.39 is 0 Å². The van der Waals surface area contributed by atoms with Crippen LogP contribution in [0.5, 0.6) is 0 Å². The number of likely N-dealkylation sites (tertiary alicyclic amines) is 1. The number of fused-ring (bicyclic) bond motifs is 1. The monoisotopic (exact) mass is 538 g/mol. The smallest absolute Gasteiger partial charge is 0.149 e. The topological polar surface area (TPSA) is 72.7 Å². The molecule has 0 bridgehead atoms. The number of nitrogens with zero attached hydrogens (tertiary/aromatic N) is 3. The van der Waals surface area contributed by atoms with Gasteiger partial charge in [-0.3, -0.25) is 0 Å². The minimum Gasteiger partial charge on any atom is -0.382 e. The maximum atomic E-state index is 6.46. The Hall–Kier alpha value is -3.51. The van der Waals surface area contributed by atoms with E-state index in [1.54, 1.807) is 0 Å². The van der Waals surface area contributed by atoms with Crippen molar-refractivity contribution in [3.05, 3.63) is 101 Å². The highest BCUT2D eigenvalue weighted by Crippen LogP contribution is 2.53. The molecule has 5 rings (SSSR count). The Labute approximate surface area is 240 Å². The van der Waals surface area contributed by atoms with E-state index in [2.05, 4.69) is 107 Å². The van der Waals surface area contributed by atoms with Gasteiger partial charge in [-0.1, -0.05) is 54.2 Å². The second-order valence-electron chi connectivity index (χ2n) is 11.9. The summed E-state index contributed by atoms with van der Waals surface area (Å²) >= 11 is 0. The lowest BCUT2D eigenvalue weighted by molar-refractivity contribution is 0.118.